The minimum absolute atomic E-state index is 0.115. The highest BCUT2D eigenvalue weighted by atomic mass is 16.5. The molecule has 1 aromatic heterocycles. The van der Waals surface area contributed by atoms with Crippen LogP contribution in [0.5, 0.6) is 5.75 Å². The Labute approximate surface area is 128 Å². The van der Waals surface area contributed by atoms with Gasteiger partial charge in [0.2, 0.25) is 5.91 Å². The zero-order valence-corrected chi connectivity index (χ0v) is 12.8. The molecule has 0 aliphatic carbocycles. The van der Waals surface area contributed by atoms with Crippen LogP contribution in [0.25, 0.3) is 10.9 Å². The maximum Gasteiger partial charge on any atom is 0.326 e. The fourth-order valence-electron chi connectivity index (χ4n) is 2.34. The fraction of sp³-hybridized carbons (Fsp3) is 0.375. The molecule has 1 aromatic carbocycles. The molecule has 118 valence electrons. The summed E-state index contributed by atoms with van der Waals surface area (Å²) in [6, 6.07) is 4.68. The van der Waals surface area contributed by atoms with Crippen molar-refractivity contribution in [2.75, 3.05) is 7.11 Å². The van der Waals surface area contributed by atoms with Crippen LogP contribution in [0.3, 0.4) is 0 Å². The number of benzene rings is 1. The van der Waals surface area contributed by atoms with Crippen molar-refractivity contribution >= 4 is 22.8 Å². The van der Waals surface area contributed by atoms with Gasteiger partial charge in [-0.3, -0.25) is 4.79 Å². The largest absolute Gasteiger partial charge is 0.497 e. The number of carbonyl (C=O) groups excluding carboxylic acids is 1. The number of hydrogen-bond donors (Lipinski definition) is 3. The molecule has 6 heteroatoms. The molecule has 0 unspecified atom stereocenters. The SMILES string of the molecule is COc1ccc2[nH]cc(CC(=O)N[C@@H](C(=O)O)C(C)C)c2c1. The molecule has 3 N–H and O–H groups in total. The lowest BCUT2D eigenvalue weighted by Crippen LogP contribution is -2.44. The Balaban J connectivity index is 2.16. The third kappa shape index (κ3) is 3.39. The van der Waals surface area contributed by atoms with Crippen LogP contribution in [-0.4, -0.2) is 35.1 Å². The van der Waals surface area contributed by atoms with Gasteiger partial charge in [0.05, 0.1) is 13.5 Å². The summed E-state index contributed by atoms with van der Waals surface area (Å²) in [5, 5.41) is 12.6. The molecular weight excluding hydrogens is 284 g/mol. The Morgan fingerprint density at radius 3 is 2.68 bits per heavy atom. The van der Waals surface area contributed by atoms with Crippen LogP contribution in [0.2, 0.25) is 0 Å². The minimum Gasteiger partial charge on any atom is -0.497 e. The standard InChI is InChI=1S/C16H20N2O4/c1-9(2)15(16(20)21)18-14(19)6-10-8-17-13-5-4-11(22-3)7-12(10)13/h4-5,7-9,15,17H,6H2,1-3H3,(H,18,19)(H,20,21)/t15-/m1/s1. The second-order valence-electron chi connectivity index (χ2n) is 5.53. The van der Waals surface area contributed by atoms with Crippen LogP contribution < -0.4 is 10.1 Å². The molecule has 0 fully saturated rings. The molecule has 0 saturated carbocycles. The van der Waals surface area contributed by atoms with Gasteiger partial charge in [-0.1, -0.05) is 13.8 Å². The van der Waals surface area contributed by atoms with Crippen LogP contribution in [0.4, 0.5) is 0 Å². The number of carboxylic acid groups (broad SMARTS) is 1. The van der Waals surface area contributed by atoms with Crippen LogP contribution in [0.15, 0.2) is 24.4 Å². The number of H-pyrrole nitrogens is 1. The van der Waals surface area contributed by atoms with Gasteiger partial charge in [-0.05, 0) is 29.7 Å². The number of rotatable bonds is 6. The number of hydrogen-bond acceptors (Lipinski definition) is 3. The van der Waals surface area contributed by atoms with Crippen LogP contribution in [0, 0.1) is 5.92 Å². The van der Waals surface area contributed by atoms with Gasteiger partial charge >= 0.3 is 5.97 Å². The lowest BCUT2D eigenvalue weighted by molar-refractivity contribution is -0.143. The summed E-state index contributed by atoms with van der Waals surface area (Å²) in [7, 11) is 1.58. The number of aliphatic carboxylic acids is 1. The molecule has 0 aliphatic rings. The van der Waals surface area contributed by atoms with E-state index in [1.807, 2.05) is 18.2 Å². The average molecular weight is 304 g/mol. The Morgan fingerprint density at radius 2 is 2.09 bits per heavy atom. The topological polar surface area (TPSA) is 91.4 Å². The summed E-state index contributed by atoms with van der Waals surface area (Å²) in [5.41, 5.74) is 1.71. The molecule has 0 aliphatic heterocycles. The number of ether oxygens (including phenoxy) is 1. The average Bonchev–Trinajstić information content (AvgIpc) is 2.86. The quantitative estimate of drug-likeness (QED) is 0.760. The number of aromatic nitrogens is 1. The van der Waals surface area contributed by atoms with E-state index in [1.54, 1.807) is 27.2 Å². The number of aromatic amines is 1. The van der Waals surface area contributed by atoms with Gasteiger partial charge in [-0.15, -0.1) is 0 Å². The lowest BCUT2D eigenvalue weighted by Gasteiger charge is -2.17. The number of fused-ring (bicyclic) bond motifs is 1. The van der Waals surface area contributed by atoms with Gasteiger partial charge in [-0.25, -0.2) is 4.79 Å². The molecule has 22 heavy (non-hydrogen) atoms. The van der Waals surface area contributed by atoms with Gasteiger partial charge in [0.25, 0.3) is 0 Å². The van der Waals surface area contributed by atoms with Crippen molar-refractivity contribution in [2.45, 2.75) is 26.3 Å². The fourth-order valence-corrected chi connectivity index (χ4v) is 2.34. The van der Waals surface area contributed by atoms with E-state index in [4.69, 9.17) is 9.84 Å². The zero-order valence-electron chi connectivity index (χ0n) is 12.8. The first kappa shape index (κ1) is 15.9. The molecule has 0 spiro atoms. The van der Waals surface area contributed by atoms with Crippen molar-refractivity contribution in [3.05, 3.63) is 30.0 Å². The molecule has 1 amide bonds. The van der Waals surface area contributed by atoms with E-state index in [0.29, 0.717) is 5.75 Å². The van der Waals surface area contributed by atoms with E-state index < -0.39 is 12.0 Å². The molecule has 2 rings (SSSR count). The van der Waals surface area contributed by atoms with Crippen molar-refractivity contribution < 1.29 is 19.4 Å². The van der Waals surface area contributed by atoms with Crippen molar-refractivity contribution in [2.24, 2.45) is 5.92 Å². The third-order valence-electron chi connectivity index (χ3n) is 3.57. The van der Waals surface area contributed by atoms with Gasteiger partial charge in [0, 0.05) is 17.1 Å². The van der Waals surface area contributed by atoms with Crippen molar-refractivity contribution in [1.29, 1.82) is 0 Å². The first-order valence-electron chi connectivity index (χ1n) is 7.08. The van der Waals surface area contributed by atoms with Crippen LogP contribution in [0.1, 0.15) is 19.4 Å². The maximum absolute atomic E-state index is 12.1. The highest BCUT2D eigenvalue weighted by Crippen LogP contribution is 2.24. The van der Waals surface area contributed by atoms with E-state index in [0.717, 1.165) is 16.5 Å². The van der Waals surface area contributed by atoms with Gasteiger partial charge in [0.15, 0.2) is 0 Å². The zero-order chi connectivity index (χ0) is 16.3. The minimum atomic E-state index is -1.02. The summed E-state index contributed by atoms with van der Waals surface area (Å²) in [6.45, 7) is 3.52. The number of carboxylic acids is 1. The summed E-state index contributed by atoms with van der Waals surface area (Å²) >= 11 is 0. The molecular formula is C16H20N2O4. The maximum atomic E-state index is 12.1. The van der Waals surface area contributed by atoms with Crippen molar-refractivity contribution in [1.82, 2.24) is 10.3 Å². The number of nitrogens with one attached hydrogen (secondary N) is 2. The van der Waals surface area contributed by atoms with Crippen molar-refractivity contribution in [3.8, 4) is 5.75 Å². The normalized spacial score (nSPS) is 12.4. The van der Waals surface area contributed by atoms with Crippen molar-refractivity contribution in [3.63, 3.8) is 0 Å². The molecule has 2 aromatic rings. The predicted molar refractivity (Wildman–Crippen MR) is 83.0 cm³/mol. The first-order chi connectivity index (χ1) is 10.4. The molecule has 0 bridgehead atoms. The highest BCUT2D eigenvalue weighted by Gasteiger charge is 2.23. The third-order valence-corrected chi connectivity index (χ3v) is 3.57. The van der Waals surface area contributed by atoms with E-state index in [2.05, 4.69) is 10.3 Å². The molecule has 1 atom stereocenters. The predicted octanol–water partition coefficient (Wildman–Crippen LogP) is 1.94. The summed E-state index contributed by atoms with van der Waals surface area (Å²) in [4.78, 5) is 26.3. The van der Waals surface area contributed by atoms with Crippen LogP contribution >= 0.6 is 0 Å². The number of amides is 1. The molecule has 0 radical (unpaired) electrons. The first-order valence-corrected chi connectivity index (χ1v) is 7.08. The summed E-state index contributed by atoms with van der Waals surface area (Å²) < 4.78 is 5.19. The molecule has 6 nitrogen and oxygen atoms in total. The van der Waals surface area contributed by atoms with E-state index in [1.165, 1.54) is 0 Å². The van der Waals surface area contributed by atoms with E-state index in [-0.39, 0.29) is 18.2 Å². The molecule has 0 saturated heterocycles. The lowest BCUT2D eigenvalue weighted by atomic mass is 10.0. The number of carbonyl (C=O) groups is 2. The summed E-state index contributed by atoms with van der Waals surface area (Å²) in [6.07, 6.45) is 1.87. The van der Waals surface area contributed by atoms with Crippen LogP contribution in [-0.2, 0) is 16.0 Å². The highest BCUT2D eigenvalue weighted by molar-refractivity contribution is 5.91. The van der Waals surface area contributed by atoms with Gasteiger partial charge in [0.1, 0.15) is 11.8 Å². The Bertz CT molecular complexity index is 691. The van der Waals surface area contributed by atoms with Gasteiger partial charge < -0.3 is 20.1 Å². The Hall–Kier alpha value is -2.50. The van der Waals surface area contributed by atoms with E-state index >= 15 is 0 Å². The molecule has 1 heterocycles. The second-order valence-corrected chi connectivity index (χ2v) is 5.53. The Kier molecular flexibility index (Phi) is 4.70. The Morgan fingerprint density at radius 1 is 1.36 bits per heavy atom. The monoisotopic (exact) mass is 304 g/mol. The smallest absolute Gasteiger partial charge is 0.326 e. The second kappa shape index (κ2) is 6.51. The van der Waals surface area contributed by atoms with E-state index in [9.17, 15) is 9.59 Å². The van der Waals surface area contributed by atoms with Gasteiger partial charge in [-0.2, -0.15) is 0 Å². The summed E-state index contributed by atoms with van der Waals surface area (Å²) in [5.74, 6) is -0.808. The number of methoxy groups -OCH3 is 1.